The van der Waals surface area contributed by atoms with Gasteiger partial charge in [-0.1, -0.05) is 0 Å². The van der Waals surface area contributed by atoms with Crippen LogP contribution in [0, 0.1) is 0 Å². The van der Waals surface area contributed by atoms with Crippen molar-refractivity contribution in [1.29, 1.82) is 0 Å². The Bertz CT molecular complexity index is 310. The fourth-order valence-corrected chi connectivity index (χ4v) is 4.79. The summed E-state index contributed by atoms with van der Waals surface area (Å²) in [7, 11) is 0. The lowest BCUT2D eigenvalue weighted by Gasteiger charge is -2.05. The molecule has 96 valence electrons. The van der Waals surface area contributed by atoms with Gasteiger partial charge in [0, 0.05) is 23.7 Å². The van der Waals surface area contributed by atoms with Crippen LogP contribution in [0.1, 0.15) is 13.8 Å². The van der Waals surface area contributed by atoms with E-state index in [-0.39, 0.29) is 25.2 Å². The van der Waals surface area contributed by atoms with Gasteiger partial charge in [0.2, 0.25) is 0 Å². The van der Waals surface area contributed by atoms with Crippen molar-refractivity contribution in [3.8, 4) is 0 Å². The molecule has 0 saturated heterocycles. The molecule has 1 aliphatic heterocycles. The Hall–Kier alpha value is -0.270. The molecule has 1 aliphatic rings. The Balaban J connectivity index is 2.58. The third-order valence-corrected chi connectivity index (χ3v) is 6.30. The van der Waals surface area contributed by atoms with E-state index in [1.165, 1.54) is 13.8 Å². The van der Waals surface area contributed by atoms with Crippen LogP contribution in [-0.4, -0.2) is 35.3 Å². The van der Waals surface area contributed by atoms with Gasteiger partial charge >= 0.3 is 11.9 Å². The van der Waals surface area contributed by atoms with Gasteiger partial charge in [0.25, 0.3) is 0 Å². The third-order valence-electron chi connectivity index (χ3n) is 1.79. The Morgan fingerprint density at radius 2 is 1.53 bits per heavy atom. The van der Waals surface area contributed by atoms with Crippen LogP contribution < -0.4 is 0 Å². The monoisotopic (exact) mass is 294 g/mol. The fourth-order valence-electron chi connectivity index (χ4n) is 1.05. The Labute approximate surface area is 113 Å². The van der Waals surface area contributed by atoms with E-state index in [0.29, 0.717) is 3.91 Å². The van der Waals surface area contributed by atoms with Crippen LogP contribution in [0.25, 0.3) is 0 Å². The number of hydrogen-bond donors (Lipinski definition) is 0. The summed E-state index contributed by atoms with van der Waals surface area (Å²) in [6, 6.07) is 0. The molecule has 0 atom stereocenters. The van der Waals surface area contributed by atoms with Crippen LogP contribution in [0.15, 0.2) is 9.81 Å². The van der Waals surface area contributed by atoms with E-state index in [1.807, 2.05) is 6.26 Å². The molecule has 17 heavy (non-hydrogen) atoms. The number of esters is 2. The van der Waals surface area contributed by atoms with Gasteiger partial charge in [-0.2, -0.15) is 0 Å². The normalized spacial score (nSPS) is 16.2. The molecule has 0 spiro atoms. The molecule has 0 radical (unpaired) electrons. The number of hydrogen-bond acceptors (Lipinski definition) is 7. The zero-order valence-electron chi connectivity index (χ0n) is 9.85. The Kier molecular flexibility index (Phi) is 6.29. The Morgan fingerprint density at radius 3 is 1.82 bits per heavy atom. The Morgan fingerprint density at radius 1 is 1.12 bits per heavy atom. The molecular weight excluding hydrogens is 280 g/mol. The summed E-state index contributed by atoms with van der Waals surface area (Å²) in [4.78, 5) is 23.5. The lowest BCUT2D eigenvalue weighted by molar-refractivity contribution is -0.141. The first kappa shape index (κ1) is 14.8. The van der Waals surface area contributed by atoms with E-state index in [4.69, 9.17) is 9.47 Å². The second-order valence-electron chi connectivity index (χ2n) is 3.17. The molecule has 1 heterocycles. The van der Waals surface area contributed by atoms with Crippen molar-refractivity contribution in [2.45, 2.75) is 17.8 Å². The van der Waals surface area contributed by atoms with Gasteiger partial charge in [0.15, 0.2) is 0 Å². The minimum atomic E-state index is -0.303. The van der Waals surface area contributed by atoms with Gasteiger partial charge in [0.05, 0.1) is 0 Å². The van der Waals surface area contributed by atoms with Crippen LogP contribution in [0.3, 0.4) is 0 Å². The summed E-state index contributed by atoms with van der Waals surface area (Å²) in [6.07, 6.45) is 2.02. The quantitative estimate of drug-likeness (QED) is 0.722. The van der Waals surface area contributed by atoms with Gasteiger partial charge in [-0.15, -0.1) is 35.3 Å². The van der Waals surface area contributed by atoms with Crippen molar-refractivity contribution in [3.63, 3.8) is 0 Å². The first-order chi connectivity index (χ1) is 8.02. The van der Waals surface area contributed by atoms with Crippen LogP contribution in [-0.2, 0) is 19.1 Å². The summed E-state index contributed by atoms with van der Waals surface area (Å²) >= 11 is 5.01. The van der Waals surface area contributed by atoms with Crippen molar-refractivity contribution in [1.82, 2.24) is 0 Å². The SMILES string of the molecule is CSC1SC(COC(C)=O)=C(COC(C)=O)S1. The maximum atomic E-state index is 10.8. The third kappa shape index (κ3) is 5.27. The molecule has 0 aromatic rings. The molecule has 0 amide bonds. The van der Waals surface area contributed by atoms with E-state index in [1.54, 1.807) is 35.3 Å². The van der Waals surface area contributed by atoms with Gasteiger partial charge in [-0.25, -0.2) is 0 Å². The van der Waals surface area contributed by atoms with E-state index in [2.05, 4.69) is 0 Å². The van der Waals surface area contributed by atoms with Crippen molar-refractivity contribution in [3.05, 3.63) is 9.81 Å². The second-order valence-corrected chi connectivity index (χ2v) is 7.40. The molecule has 7 heteroatoms. The molecule has 1 rings (SSSR count). The highest BCUT2D eigenvalue weighted by Gasteiger charge is 2.26. The van der Waals surface area contributed by atoms with Crippen molar-refractivity contribution in [2.75, 3.05) is 19.5 Å². The number of rotatable bonds is 5. The minimum Gasteiger partial charge on any atom is -0.460 e. The largest absolute Gasteiger partial charge is 0.460 e. The standard InChI is InChI=1S/C10H14O4S3/c1-6(11)13-4-8-9(5-14-7(2)12)17-10(15-3)16-8/h10H,4-5H2,1-3H3. The summed E-state index contributed by atoms with van der Waals surface area (Å²) < 4.78 is 10.3. The highest BCUT2D eigenvalue weighted by atomic mass is 32.3. The molecule has 0 aromatic heterocycles. The first-order valence-corrected chi connectivity index (χ1v) is 7.92. The first-order valence-electron chi connectivity index (χ1n) is 4.87. The van der Waals surface area contributed by atoms with Crippen molar-refractivity contribution >= 4 is 47.2 Å². The summed E-state index contributed by atoms with van der Waals surface area (Å²) in [6.45, 7) is 3.29. The smallest absolute Gasteiger partial charge is 0.302 e. The van der Waals surface area contributed by atoms with E-state index in [0.717, 1.165) is 9.81 Å². The predicted molar refractivity (Wildman–Crippen MR) is 72.8 cm³/mol. The van der Waals surface area contributed by atoms with Gasteiger partial charge < -0.3 is 9.47 Å². The van der Waals surface area contributed by atoms with Gasteiger partial charge in [-0.05, 0) is 6.26 Å². The fraction of sp³-hybridized carbons (Fsp3) is 0.600. The highest BCUT2D eigenvalue weighted by Crippen LogP contribution is 2.50. The number of carbonyl (C=O) groups excluding carboxylic acids is 2. The lowest BCUT2D eigenvalue weighted by Crippen LogP contribution is -2.05. The van der Waals surface area contributed by atoms with Gasteiger partial charge in [0.1, 0.15) is 17.1 Å². The van der Waals surface area contributed by atoms with Crippen molar-refractivity contribution < 1.29 is 19.1 Å². The highest BCUT2D eigenvalue weighted by molar-refractivity contribution is 8.36. The number of carbonyl (C=O) groups is 2. The molecule has 0 N–H and O–H groups in total. The molecule has 0 aromatic carbocycles. The molecule has 0 aliphatic carbocycles. The maximum absolute atomic E-state index is 10.8. The van der Waals surface area contributed by atoms with Crippen LogP contribution in [0.5, 0.6) is 0 Å². The maximum Gasteiger partial charge on any atom is 0.302 e. The van der Waals surface area contributed by atoms with E-state index < -0.39 is 0 Å². The molecule has 0 fully saturated rings. The minimum absolute atomic E-state index is 0.265. The summed E-state index contributed by atoms with van der Waals surface area (Å²) in [5.74, 6) is -0.606. The zero-order valence-corrected chi connectivity index (χ0v) is 12.3. The molecule has 0 bridgehead atoms. The lowest BCUT2D eigenvalue weighted by atomic mass is 10.5. The number of thioether (sulfide) groups is 3. The van der Waals surface area contributed by atoms with Crippen molar-refractivity contribution in [2.24, 2.45) is 0 Å². The summed E-state index contributed by atoms with van der Waals surface area (Å²) in [5.41, 5.74) is 0. The van der Waals surface area contributed by atoms with Crippen LogP contribution in [0.4, 0.5) is 0 Å². The predicted octanol–water partition coefficient (Wildman–Crippen LogP) is 2.45. The van der Waals surface area contributed by atoms with Crippen LogP contribution >= 0.6 is 35.3 Å². The molecule has 4 nitrogen and oxygen atoms in total. The average molecular weight is 294 g/mol. The zero-order chi connectivity index (χ0) is 12.8. The number of ether oxygens (including phenoxy) is 2. The molecule has 0 saturated carbocycles. The topological polar surface area (TPSA) is 52.6 Å². The summed E-state index contributed by atoms with van der Waals surface area (Å²) in [5, 5.41) is 0. The van der Waals surface area contributed by atoms with Crippen LogP contribution in [0.2, 0.25) is 0 Å². The molecular formula is C10H14O4S3. The second kappa shape index (κ2) is 7.23. The average Bonchev–Trinajstić information content (AvgIpc) is 2.66. The molecule has 0 unspecified atom stereocenters. The van der Waals surface area contributed by atoms with Gasteiger partial charge in [-0.3, -0.25) is 9.59 Å². The van der Waals surface area contributed by atoms with E-state index >= 15 is 0 Å². The van der Waals surface area contributed by atoms with E-state index in [9.17, 15) is 9.59 Å².